The van der Waals surface area contributed by atoms with Gasteiger partial charge < -0.3 is 5.73 Å². The summed E-state index contributed by atoms with van der Waals surface area (Å²) >= 11 is 1.24. The van der Waals surface area contributed by atoms with Gasteiger partial charge in [0.25, 0.3) is 0 Å². The third kappa shape index (κ3) is 3.03. The van der Waals surface area contributed by atoms with Crippen molar-refractivity contribution >= 4 is 11.3 Å². The summed E-state index contributed by atoms with van der Waals surface area (Å²) in [4.78, 5) is 12.0. The van der Waals surface area contributed by atoms with E-state index in [1.54, 1.807) is 0 Å². The number of hydrogen-bond donors (Lipinski definition) is 1. The average Bonchev–Trinajstić information content (AvgIpc) is 2.94. The van der Waals surface area contributed by atoms with Gasteiger partial charge >= 0.3 is 4.87 Å². The molecular formula is C18H18N2OS. The zero-order valence-corrected chi connectivity index (χ0v) is 13.1. The highest BCUT2D eigenvalue weighted by Crippen LogP contribution is 2.25. The van der Waals surface area contributed by atoms with Crippen molar-refractivity contribution in [2.24, 2.45) is 5.73 Å². The molecule has 0 saturated heterocycles. The molecule has 0 spiro atoms. The van der Waals surface area contributed by atoms with E-state index in [2.05, 4.69) is 36.4 Å². The molecule has 1 aromatic heterocycles. The van der Waals surface area contributed by atoms with E-state index in [1.807, 2.05) is 28.1 Å². The van der Waals surface area contributed by atoms with Crippen LogP contribution in [0.25, 0.3) is 22.4 Å². The second-order valence-corrected chi connectivity index (χ2v) is 5.94. The fourth-order valence-corrected chi connectivity index (χ4v) is 3.27. The smallest absolute Gasteiger partial charge is 0.307 e. The molecule has 1 heterocycles. The van der Waals surface area contributed by atoms with Gasteiger partial charge in [0.1, 0.15) is 0 Å². The number of nitrogens with zero attached hydrogens (tertiary/aromatic N) is 1. The van der Waals surface area contributed by atoms with Crippen LogP contribution >= 0.6 is 11.3 Å². The maximum Gasteiger partial charge on any atom is 0.307 e. The molecule has 0 radical (unpaired) electrons. The molecule has 2 N–H and O–H groups in total. The predicted molar refractivity (Wildman–Crippen MR) is 93.1 cm³/mol. The van der Waals surface area contributed by atoms with Gasteiger partial charge in [0.2, 0.25) is 0 Å². The third-order valence-corrected chi connectivity index (χ3v) is 4.42. The lowest BCUT2D eigenvalue weighted by Crippen LogP contribution is -2.16. The third-order valence-electron chi connectivity index (χ3n) is 3.66. The number of thiazole rings is 1. The van der Waals surface area contributed by atoms with E-state index in [4.69, 9.17) is 5.73 Å². The second kappa shape index (κ2) is 6.73. The SMILES string of the molecule is NCCCn1c(-c2ccc(-c3ccccc3)cc2)csc1=O. The lowest BCUT2D eigenvalue weighted by atomic mass is 10.0. The van der Waals surface area contributed by atoms with Crippen molar-refractivity contribution in [2.45, 2.75) is 13.0 Å². The highest BCUT2D eigenvalue weighted by Gasteiger charge is 2.08. The van der Waals surface area contributed by atoms with Gasteiger partial charge in [0, 0.05) is 11.9 Å². The minimum atomic E-state index is 0.0792. The number of benzene rings is 2. The molecule has 0 amide bonds. The van der Waals surface area contributed by atoms with Gasteiger partial charge in [-0.05, 0) is 29.7 Å². The summed E-state index contributed by atoms with van der Waals surface area (Å²) in [6.07, 6.45) is 0.811. The molecule has 22 heavy (non-hydrogen) atoms. The van der Waals surface area contributed by atoms with Crippen LogP contribution in [0, 0.1) is 0 Å². The number of nitrogens with two attached hydrogens (primary N) is 1. The Kier molecular flexibility index (Phi) is 4.51. The van der Waals surface area contributed by atoms with Crippen molar-refractivity contribution in [3.8, 4) is 22.4 Å². The maximum absolute atomic E-state index is 11.9. The molecule has 0 aliphatic heterocycles. The van der Waals surface area contributed by atoms with Crippen LogP contribution in [0.4, 0.5) is 0 Å². The van der Waals surface area contributed by atoms with Crippen LogP contribution in [0.2, 0.25) is 0 Å². The highest BCUT2D eigenvalue weighted by molar-refractivity contribution is 7.07. The molecule has 0 saturated carbocycles. The minimum absolute atomic E-state index is 0.0792. The van der Waals surface area contributed by atoms with Crippen molar-refractivity contribution in [2.75, 3.05) is 6.54 Å². The van der Waals surface area contributed by atoms with E-state index < -0.39 is 0 Å². The van der Waals surface area contributed by atoms with Crippen LogP contribution < -0.4 is 10.6 Å². The molecule has 0 aliphatic rings. The first-order valence-electron chi connectivity index (χ1n) is 7.34. The van der Waals surface area contributed by atoms with Crippen molar-refractivity contribution in [1.29, 1.82) is 0 Å². The molecule has 112 valence electrons. The summed E-state index contributed by atoms with van der Waals surface area (Å²) in [5.74, 6) is 0. The van der Waals surface area contributed by atoms with Crippen molar-refractivity contribution in [3.63, 3.8) is 0 Å². The Morgan fingerprint density at radius 2 is 1.55 bits per heavy atom. The number of rotatable bonds is 5. The lowest BCUT2D eigenvalue weighted by molar-refractivity contribution is 0.648. The largest absolute Gasteiger partial charge is 0.330 e. The van der Waals surface area contributed by atoms with Crippen LogP contribution in [0.3, 0.4) is 0 Å². The Morgan fingerprint density at radius 3 is 2.23 bits per heavy atom. The van der Waals surface area contributed by atoms with Crippen LogP contribution in [0.5, 0.6) is 0 Å². The molecular weight excluding hydrogens is 292 g/mol. The van der Waals surface area contributed by atoms with Crippen LogP contribution in [0.1, 0.15) is 6.42 Å². The lowest BCUT2D eigenvalue weighted by Gasteiger charge is -2.08. The van der Waals surface area contributed by atoms with Gasteiger partial charge in [-0.1, -0.05) is 65.9 Å². The summed E-state index contributed by atoms with van der Waals surface area (Å²) in [5.41, 5.74) is 9.97. The van der Waals surface area contributed by atoms with Crippen molar-refractivity contribution in [1.82, 2.24) is 4.57 Å². The molecule has 0 atom stereocenters. The van der Waals surface area contributed by atoms with E-state index in [-0.39, 0.29) is 4.87 Å². The van der Waals surface area contributed by atoms with Crippen molar-refractivity contribution < 1.29 is 0 Å². The molecule has 0 fully saturated rings. The van der Waals surface area contributed by atoms with Gasteiger partial charge in [0.05, 0.1) is 5.69 Å². The standard InChI is InChI=1S/C18H18N2OS/c19-11-4-12-20-17(13-22-18(20)21)16-9-7-15(8-10-16)14-5-2-1-3-6-14/h1-3,5-10,13H,4,11-12,19H2. The fraction of sp³-hybridized carbons (Fsp3) is 0.167. The van der Waals surface area contributed by atoms with E-state index in [9.17, 15) is 4.79 Å². The summed E-state index contributed by atoms with van der Waals surface area (Å²) in [6, 6.07) is 18.6. The highest BCUT2D eigenvalue weighted by atomic mass is 32.1. The molecule has 2 aromatic carbocycles. The van der Waals surface area contributed by atoms with Gasteiger partial charge in [-0.3, -0.25) is 9.36 Å². The predicted octanol–water partition coefficient (Wildman–Crippen LogP) is 3.59. The summed E-state index contributed by atoms with van der Waals surface area (Å²) in [5, 5.41) is 1.93. The van der Waals surface area contributed by atoms with E-state index in [1.165, 1.54) is 22.5 Å². The van der Waals surface area contributed by atoms with Crippen LogP contribution in [-0.4, -0.2) is 11.1 Å². The van der Waals surface area contributed by atoms with Gasteiger partial charge in [0.15, 0.2) is 0 Å². The quantitative estimate of drug-likeness (QED) is 0.783. The van der Waals surface area contributed by atoms with E-state index in [0.29, 0.717) is 13.1 Å². The summed E-state index contributed by atoms with van der Waals surface area (Å²) in [7, 11) is 0. The monoisotopic (exact) mass is 310 g/mol. The fourth-order valence-electron chi connectivity index (χ4n) is 2.48. The molecule has 3 nitrogen and oxygen atoms in total. The Hall–Kier alpha value is -2.17. The Labute approximate surface area is 133 Å². The Morgan fingerprint density at radius 1 is 0.909 bits per heavy atom. The van der Waals surface area contributed by atoms with Gasteiger partial charge in [-0.2, -0.15) is 0 Å². The minimum Gasteiger partial charge on any atom is -0.330 e. The second-order valence-electron chi connectivity index (χ2n) is 5.12. The first kappa shape index (κ1) is 14.8. The Bertz CT molecular complexity index is 788. The first-order chi connectivity index (χ1) is 10.8. The molecule has 0 unspecified atom stereocenters. The molecule has 3 aromatic rings. The van der Waals surface area contributed by atoms with E-state index >= 15 is 0 Å². The maximum atomic E-state index is 11.9. The number of aromatic nitrogens is 1. The van der Waals surface area contributed by atoms with Gasteiger partial charge in [-0.15, -0.1) is 0 Å². The number of hydrogen-bond acceptors (Lipinski definition) is 3. The van der Waals surface area contributed by atoms with E-state index in [0.717, 1.165) is 17.7 Å². The molecule has 0 aliphatic carbocycles. The normalized spacial score (nSPS) is 10.8. The topological polar surface area (TPSA) is 48.0 Å². The zero-order valence-electron chi connectivity index (χ0n) is 12.2. The zero-order chi connectivity index (χ0) is 15.4. The average molecular weight is 310 g/mol. The first-order valence-corrected chi connectivity index (χ1v) is 8.22. The summed E-state index contributed by atoms with van der Waals surface area (Å²) < 4.78 is 1.81. The molecule has 0 bridgehead atoms. The van der Waals surface area contributed by atoms with Crippen molar-refractivity contribution in [3.05, 3.63) is 69.6 Å². The summed E-state index contributed by atoms with van der Waals surface area (Å²) in [6.45, 7) is 1.27. The van der Waals surface area contributed by atoms with Crippen LogP contribution in [-0.2, 0) is 6.54 Å². The van der Waals surface area contributed by atoms with Gasteiger partial charge in [-0.25, -0.2) is 0 Å². The molecule has 3 rings (SSSR count). The Balaban J connectivity index is 1.92. The van der Waals surface area contributed by atoms with Crippen LogP contribution in [0.15, 0.2) is 64.8 Å². The molecule has 4 heteroatoms.